The summed E-state index contributed by atoms with van der Waals surface area (Å²) in [6.45, 7) is 0.505. The van der Waals surface area contributed by atoms with Gasteiger partial charge < -0.3 is 10.7 Å². The Hall–Kier alpha value is -1.94. The molecule has 0 atom stereocenters. The van der Waals surface area contributed by atoms with Crippen LogP contribution >= 0.6 is 0 Å². The molecular weight excluding hydrogens is 190 g/mol. The zero-order chi connectivity index (χ0) is 10.7. The fourth-order valence-corrected chi connectivity index (χ4v) is 1.38. The molecule has 3 N–H and O–H groups in total. The van der Waals surface area contributed by atoms with Crippen LogP contribution in [0.25, 0.3) is 11.1 Å². The van der Waals surface area contributed by atoms with E-state index >= 15 is 0 Å². The fraction of sp³-hybridized carbons (Fsp3) is 0.0909. The minimum atomic E-state index is -0.339. The molecule has 1 aromatic heterocycles. The van der Waals surface area contributed by atoms with Crippen LogP contribution in [0, 0.1) is 0 Å². The lowest BCUT2D eigenvalue weighted by Gasteiger charge is -2.02. The lowest BCUT2D eigenvalue weighted by molar-refractivity contribution is 1.06. The quantitative estimate of drug-likeness (QED) is 0.758. The Morgan fingerprint density at radius 1 is 1.33 bits per heavy atom. The predicted octanol–water partition coefficient (Wildman–Crippen LogP) is 0.896. The van der Waals surface area contributed by atoms with Crippen LogP contribution in [0.3, 0.4) is 0 Å². The fourth-order valence-electron chi connectivity index (χ4n) is 1.38. The molecule has 0 saturated heterocycles. The van der Waals surface area contributed by atoms with Gasteiger partial charge in [-0.3, -0.25) is 0 Å². The summed E-state index contributed by atoms with van der Waals surface area (Å²) < 4.78 is 0. The highest BCUT2D eigenvalue weighted by Gasteiger charge is 1.98. The molecule has 0 radical (unpaired) electrons. The third kappa shape index (κ3) is 2.11. The number of nitrogens with one attached hydrogen (secondary N) is 1. The van der Waals surface area contributed by atoms with Gasteiger partial charge in [0.15, 0.2) is 0 Å². The zero-order valence-electron chi connectivity index (χ0n) is 8.10. The lowest BCUT2D eigenvalue weighted by atomic mass is 10.1. The van der Waals surface area contributed by atoms with Gasteiger partial charge in [0, 0.05) is 24.5 Å². The Labute approximate surface area is 86.8 Å². The molecule has 2 aromatic rings. The highest BCUT2D eigenvalue weighted by Crippen LogP contribution is 2.17. The van der Waals surface area contributed by atoms with E-state index in [4.69, 9.17) is 5.73 Å². The number of aromatic amines is 1. The van der Waals surface area contributed by atoms with E-state index < -0.39 is 0 Å². The molecule has 0 saturated carbocycles. The van der Waals surface area contributed by atoms with Crippen LogP contribution < -0.4 is 11.4 Å². The van der Waals surface area contributed by atoms with Gasteiger partial charge in [0.25, 0.3) is 0 Å². The van der Waals surface area contributed by atoms with Crippen LogP contribution in [-0.2, 0) is 6.54 Å². The van der Waals surface area contributed by atoms with E-state index in [0.717, 1.165) is 16.7 Å². The number of benzene rings is 1. The molecule has 1 aromatic carbocycles. The summed E-state index contributed by atoms with van der Waals surface area (Å²) in [5, 5.41) is 0. The first-order valence-electron chi connectivity index (χ1n) is 4.64. The van der Waals surface area contributed by atoms with Gasteiger partial charge in [-0.25, -0.2) is 9.78 Å². The molecule has 2 rings (SSSR count). The van der Waals surface area contributed by atoms with Crippen molar-refractivity contribution in [3.05, 3.63) is 52.7 Å². The molecule has 4 heteroatoms. The first-order chi connectivity index (χ1) is 7.29. The van der Waals surface area contributed by atoms with Crippen LogP contribution in [-0.4, -0.2) is 9.97 Å². The van der Waals surface area contributed by atoms with E-state index in [1.54, 1.807) is 12.4 Å². The summed E-state index contributed by atoms with van der Waals surface area (Å²) in [6, 6.07) is 7.83. The molecule has 0 aliphatic rings. The lowest BCUT2D eigenvalue weighted by Crippen LogP contribution is -2.07. The van der Waals surface area contributed by atoms with Crippen LogP contribution in [0.1, 0.15) is 5.56 Å². The van der Waals surface area contributed by atoms with E-state index in [1.807, 2.05) is 24.3 Å². The topological polar surface area (TPSA) is 71.8 Å². The van der Waals surface area contributed by atoms with Crippen LogP contribution in [0.4, 0.5) is 0 Å². The normalized spacial score (nSPS) is 10.2. The number of hydrogen-bond acceptors (Lipinski definition) is 3. The molecular formula is C11H11N3O. The Morgan fingerprint density at radius 3 is 2.87 bits per heavy atom. The van der Waals surface area contributed by atoms with E-state index in [9.17, 15) is 4.79 Å². The van der Waals surface area contributed by atoms with Gasteiger partial charge in [0.1, 0.15) is 0 Å². The number of aromatic nitrogens is 2. The van der Waals surface area contributed by atoms with Crippen molar-refractivity contribution in [1.29, 1.82) is 0 Å². The molecule has 4 nitrogen and oxygen atoms in total. The van der Waals surface area contributed by atoms with E-state index in [-0.39, 0.29) is 5.69 Å². The monoisotopic (exact) mass is 201 g/mol. The Kier molecular flexibility index (Phi) is 2.60. The third-order valence-corrected chi connectivity index (χ3v) is 2.17. The summed E-state index contributed by atoms with van der Waals surface area (Å²) in [7, 11) is 0. The standard InChI is InChI=1S/C11H11N3O/c12-5-8-2-1-3-9(4-8)10-6-13-11(15)14-7-10/h1-4,6-7H,5,12H2,(H,13,14,15). The summed E-state index contributed by atoms with van der Waals surface area (Å²) in [4.78, 5) is 17.0. The molecule has 0 unspecified atom stereocenters. The molecule has 15 heavy (non-hydrogen) atoms. The number of H-pyrrole nitrogens is 1. The van der Waals surface area contributed by atoms with Gasteiger partial charge in [-0.15, -0.1) is 0 Å². The van der Waals surface area contributed by atoms with Crippen molar-refractivity contribution in [2.24, 2.45) is 5.73 Å². The van der Waals surface area contributed by atoms with Gasteiger partial charge in [0.05, 0.1) is 0 Å². The first-order valence-corrected chi connectivity index (χ1v) is 4.64. The second-order valence-electron chi connectivity index (χ2n) is 3.21. The molecule has 1 heterocycles. The average Bonchev–Trinajstić information content (AvgIpc) is 2.30. The van der Waals surface area contributed by atoms with E-state index in [1.165, 1.54) is 0 Å². The molecule has 0 fully saturated rings. The number of nitrogens with two attached hydrogens (primary N) is 1. The maximum atomic E-state index is 10.8. The van der Waals surface area contributed by atoms with Gasteiger partial charge in [-0.2, -0.15) is 0 Å². The zero-order valence-corrected chi connectivity index (χ0v) is 8.10. The SMILES string of the molecule is NCc1cccc(-c2cnc(=O)[nH]c2)c1. The maximum Gasteiger partial charge on any atom is 0.344 e. The van der Waals surface area contributed by atoms with Crippen molar-refractivity contribution >= 4 is 0 Å². The smallest absolute Gasteiger partial charge is 0.326 e. The molecule has 0 aliphatic heterocycles. The Bertz CT molecular complexity index is 499. The van der Waals surface area contributed by atoms with Crippen LogP contribution in [0.5, 0.6) is 0 Å². The van der Waals surface area contributed by atoms with Crippen molar-refractivity contribution in [3.63, 3.8) is 0 Å². The minimum Gasteiger partial charge on any atom is -0.326 e. The first kappa shape index (κ1) is 9.61. The summed E-state index contributed by atoms with van der Waals surface area (Å²) in [5.74, 6) is 0. The van der Waals surface area contributed by atoms with Gasteiger partial charge in [-0.05, 0) is 17.2 Å². The number of nitrogens with zero attached hydrogens (tertiary/aromatic N) is 1. The summed E-state index contributed by atoms with van der Waals surface area (Å²) >= 11 is 0. The molecule has 0 bridgehead atoms. The van der Waals surface area contributed by atoms with E-state index in [0.29, 0.717) is 6.54 Å². The van der Waals surface area contributed by atoms with Crippen molar-refractivity contribution in [3.8, 4) is 11.1 Å². The largest absolute Gasteiger partial charge is 0.344 e. The number of hydrogen-bond donors (Lipinski definition) is 2. The highest BCUT2D eigenvalue weighted by molar-refractivity contribution is 5.62. The van der Waals surface area contributed by atoms with Gasteiger partial charge in [0.2, 0.25) is 0 Å². The van der Waals surface area contributed by atoms with Crippen molar-refractivity contribution < 1.29 is 0 Å². The summed E-state index contributed by atoms with van der Waals surface area (Å²) in [6.07, 6.45) is 3.19. The summed E-state index contributed by atoms with van der Waals surface area (Å²) in [5.41, 5.74) is 8.14. The van der Waals surface area contributed by atoms with Crippen LogP contribution in [0.2, 0.25) is 0 Å². The predicted molar refractivity (Wildman–Crippen MR) is 58.2 cm³/mol. The highest BCUT2D eigenvalue weighted by atomic mass is 16.1. The minimum absolute atomic E-state index is 0.339. The van der Waals surface area contributed by atoms with Crippen molar-refractivity contribution in [2.45, 2.75) is 6.54 Å². The molecule has 0 amide bonds. The van der Waals surface area contributed by atoms with Gasteiger partial charge >= 0.3 is 5.69 Å². The van der Waals surface area contributed by atoms with Gasteiger partial charge in [-0.1, -0.05) is 18.2 Å². The number of rotatable bonds is 2. The molecule has 76 valence electrons. The second-order valence-corrected chi connectivity index (χ2v) is 3.21. The molecule has 0 aliphatic carbocycles. The average molecular weight is 201 g/mol. The van der Waals surface area contributed by atoms with Crippen molar-refractivity contribution in [1.82, 2.24) is 9.97 Å². The Morgan fingerprint density at radius 2 is 2.20 bits per heavy atom. The molecule has 0 spiro atoms. The van der Waals surface area contributed by atoms with Crippen LogP contribution in [0.15, 0.2) is 41.5 Å². The second kappa shape index (κ2) is 4.06. The third-order valence-electron chi connectivity index (χ3n) is 2.17. The Balaban J connectivity index is 2.44. The maximum absolute atomic E-state index is 10.8. The van der Waals surface area contributed by atoms with E-state index in [2.05, 4.69) is 9.97 Å². The van der Waals surface area contributed by atoms with Crippen molar-refractivity contribution in [2.75, 3.05) is 0 Å².